The lowest BCUT2D eigenvalue weighted by Gasteiger charge is -2.28. The standard InChI is InChI=1S/C21H18FN5S/c22-17-5-3-14(4-6-17)20-16(11-24-26-20)13-27-8-7-18-15(12-27)10-23-21(25-18)19-2-1-9-28-19/h1-6,9-11H,7-8,12-13H2,(H,24,26). The Labute approximate surface area is 165 Å². The van der Waals surface area contributed by atoms with Gasteiger partial charge >= 0.3 is 0 Å². The average Bonchev–Trinajstić information content (AvgIpc) is 3.41. The predicted octanol–water partition coefficient (Wildman–Crippen LogP) is 4.29. The first-order valence-corrected chi connectivity index (χ1v) is 10.0. The SMILES string of the molecule is Fc1ccc(-c2[nH]ncc2CN2CCc3nc(-c4cccs4)ncc3C2)cc1. The van der Waals surface area contributed by atoms with Crippen LogP contribution in [-0.4, -0.2) is 31.6 Å². The number of hydrogen-bond donors (Lipinski definition) is 1. The van der Waals surface area contributed by atoms with E-state index in [0.29, 0.717) is 0 Å². The Kier molecular flexibility index (Phi) is 4.46. The minimum absolute atomic E-state index is 0.237. The molecule has 7 heteroatoms. The van der Waals surface area contributed by atoms with E-state index in [1.54, 1.807) is 23.5 Å². The number of rotatable bonds is 4. The van der Waals surface area contributed by atoms with Gasteiger partial charge in [-0.25, -0.2) is 14.4 Å². The molecule has 0 bridgehead atoms. The van der Waals surface area contributed by atoms with Crippen LogP contribution in [0.15, 0.2) is 54.2 Å². The van der Waals surface area contributed by atoms with Crippen LogP contribution in [0.25, 0.3) is 22.0 Å². The molecule has 0 aliphatic carbocycles. The van der Waals surface area contributed by atoms with E-state index in [2.05, 4.69) is 26.1 Å². The number of aromatic amines is 1. The van der Waals surface area contributed by atoms with Gasteiger partial charge in [-0.3, -0.25) is 10.00 Å². The van der Waals surface area contributed by atoms with Crippen LogP contribution in [0.5, 0.6) is 0 Å². The quantitative estimate of drug-likeness (QED) is 0.564. The summed E-state index contributed by atoms with van der Waals surface area (Å²) in [4.78, 5) is 12.8. The van der Waals surface area contributed by atoms with Gasteiger partial charge in [0.1, 0.15) is 5.82 Å². The van der Waals surface area contributed by atoms with Gasteiger partial charge in [-0.2, -0.15) is 5.10 Å². The van der Waals surface area contributed by atoms with Gasteiger partial charge in [0.25, 0.3) is 0 Å². The van der Waals surface area contributed by atoms with Gasteiger partial charge in [-0.1, -0.05) is 6.07 Å². The fourth-order valence-corrected chi connectivity index (χ4v) is 4.24. The van der Waals surface area contributed by atoms with Crippen LogP contribution < -0.4 is 0 Å². The molecule has 1 N–H and O–H groups in total. The van der Waals surface area contributed by atoms with Gasteiger partial charge in [-0.15, -0.1) is 11.3 Å². The van der Waals surface area contributed by atoms with Crippen LogP contribution >= 0.6 is 11.3 Å². The summed E-state index contributed by atoms with van der Waals surface area (Å²) in [5.74, 6) is 0.579. The van der Waals surface area contributed by atoms with E-state index in [1.165, 1.54) is 17.7 Å². The highest BCUT2D eigenvalue weighted by Gasteiger charge is 2.20. The fraction of sp³-hybridized carbons (Fsp3) is 0.190. The monoisotopic (exact) mass is 391 g/mol. The predicted molar refractivity (Wildman–Crippen MR) is 107 cm³/mol. The maximum Gasteiger partial charge on any atom is 0.169 e. The molecular formula is C21H18FN5S. The molecule has 0 saturated heterocycles. The van der Waals surface area contributed by atoms with E-state index in [1.807, 2.05) is 23.8 Å². The van der Waals surface area contributed by atoms with Crippen molar-refractivity contribution >= 4 is 11.3 Å². The molecule has 0 unspecified atom stereocenters. The molecular weight excluding hydrogens is 373 g/mol. The van der Waals surface area contributed by atoms with Gasteiger partial charge in [0.15, 0.2) is 5.82 Å². The minimum Gasteiger partial charge on any atom is -0.294 e. The highest BCUT2D eigenvalue weighted by Crippen LogP contribution is 2.27. The molecule has 0 radical (unpaired) electrons. The minimum atomic E-state index is -0.237. The Morgan fingerprint density at radius 3 is 2.86 bits per heavy atom. The van der Waals surface area contributed by atoms with Gasteiger partial charge in [0.2, 0.25) is 0 Å². The Morgan fingerprint density at radius 2 is 2.04 bits per heavy atom. The van der Waals surface area contributed by atoms with Crippen LogP contribution in [-0.2, 0) is 19.5 Å². The van der Waals surface area contributed by atoms with Crippen molar-refractivity contribution in [1.82, 2.24) is 25.1 Å². The number of fused-ring (bicyclic) bond motifs is 1. The zero-order valence-electron chi connectivity index (χ0n) is 15.1. The van der Waals surface area contributed by atoms with E-state index >= 15 is 0 Å². The molecule has 1 aromatic carbocycles. The Bertz CT molecular complexity index is 1090. The topological polar surface area (TPSA) is 57.7 Å². The van der Waals surface area contributed by atoms with Crippen molar-refractivity contribution in [2.75, 3.05) is 6.54 Å². The van der Waals surface area contributed by atoms with Gasteiger partial charge in [0.05, 0.1) is 22.5 Å². The van der Waals surface area contributed by atoms with Crippen molar-refractivity contribution in [3.05, 3.63) is 76.8 Å². The summed E-state index contributed by atoms with van der Waals surface area (Å²) in [6.07, 6.45) is 4.71. The van der Waals surface area contributed by atoms with Crippen molar-refractivity contribution in [3.63, 3.8) is 0 Å². The lowest BCUT2D eigenvalue weighted by Crippen LogP contribution is -2.31. The molecule has 0 spiro atoms. The van der Waals surface area contributed by atoms with Crippen LogP contribution in [0, 0.1) is 5.82 Å². The Hall–Kier alpha value is -2.90. The summed E-state index contributed by atoms with van der Waals surface area (Å²) < 4.78 is 13.2. The second-order valence-electron chi connectivity index (χ2n) is 6.88. The molecule has 1 aliphatic rings. The summed E-state index contributed by atoms with van der Waals surface area (Å²) in [5, 5.41) is 9.30. The molecule has 0 saturated carbocycles. The van der Waals surface area contributed by atoms with Crippen molar-refractivity contribution < 1.29 is 4.39 Å². The van der Waals surface area contributed by atoms with Crippen molar-refractivity contribution in [3.8, 4) is 22.0 Å². The molecule has 4 heterocycles. The molecule has 5 rings (SSSR count). The number of H-pyrrole nitrogens is 1. The largest absolute Gasteiger partial charge is 0.294 e. The lowest BCUT2D eigenvalue weighted by atomic mass is 10.0. The molecule has 1 aliphatic heterocycles. The number of nitrogens with one attached hydrogen (secondary N) is 1. The molecule has 0 amide bonds. The van der Waals surface area contributed by atoms with E-state index in [-0.39, 0.29) is 5.82 Å². The summed E-state index contributed by atoms with van der Waals surface area (Å²) in [5.41, 5.74) is 5.30. The fourth-order valence-electron chi connectivity index (χ4n) is 3.57. The number of aromatic nitrogens is 4. The number of hydrogen-bond acceptors (Lipinski definition) is 5. The van der Waals surface area contributed by atoms with Gasteiger partial charge in [0, 0.05) is 48.9 Å². The van der Waals surface area contributed by atoms with E-state index in [0.717, 1.165) is 59.3 Å². The van der Waals surface area contributed by atoms with Crippen molar-refractivity contribution in [2.45, 2.75) is 19.5 Å². The first kappa shape index (κ1) is 17.2. The Morgan fingerprint density at radius 1 is 1.14 bits per heavy atom. The average molecular weight is 391 g/mol. The highest BCUT2D eigenvalue weighted by molar-refractivity contribution is 7.13. The van der Waals surface area contributed by atoms with Gasteiger partial charge in [-0.05, 0) is 35.7 Å². The summed E-state index contributed by atoms with van der Waals surface area (Å²) in [7, 11) is 0. The van der Waals surface area contributed by atoms with Crippen LogP contribution in [0.4, 0.5) is 4.39 Å². The molecule has 3 aromatic heterocycles. The first-order valence-electron chi connectivity index (χ1n) is 9.15. The summed E-state index contributed by atoms with van der Waals surface area (Å²) in [6, 6.07) is 10.6. The molecule has 140 valence electrons. The van der Waals surface area contributed by atoms with E-state index in [4.69, 9.17) is 4.98 Å². The number of halogens is 1. The number of benzene rings is 1. The van der Waals surface area contributed by atoms with Crippen LogP contribution in [0.1, 0.15) is 16.8 Å². The third-order valence-electron chi connectivity index (χ3n) is 5.00. The second kappa shape index (κ2) is 7.26. The summed E-state index contributed by atoms with van der Waals surface area (Å²) >= 11 is 1.66. The molecule has 4 aromatic rings. The first-order chi connectivity index (χ1) is 13.8. The lowest BCUT2D eigenvalue weighted by molar-refractivity contribution is 0.243. The molecule has 5 nitrogen and oxygen atoms in total. The van der Waals surface area contributed by atoms with Gasteiger partial charge < -0.3 is 0 Å². The number of nitrogens with zero attached hydrogens (tertiary/aromatic N) is 4. The highest BCUT2D eigenvalue weighted by atomic mass is 32.1. The van der Waals surface area contributed by atoms with Crippen LogP contribution in [0.2, 0.25) is 0 Å². The normalized spacial score (nSPS) is 14.2. The van der Waals surface area contributed by atoms with Crippen LogP contribution in [0.3, 0.4) is 0 Å². The number of thiophene rings is 1. The maximum atomic E-state index is 13.2. The maximum absolute atomic E-state index is 13.2. The smallest absolute Gasteiger partial charge is 0.169 e. The zero-order valence-corrected chi connectivity index (χ0v) is 15.9. The van der Waals surface area contributed by atoms with E-state index < -0.39 is 0 Å². The molecule has 0 atom stereocenters. The zero-order chi connectivity index (χ0) is 18.9. The Balaban J connectivity index is 1.34. The second-order valence-corrected chi connectivity index (χ2v) is 7.83. The van der Waals surface area contributed by atoms with Crippen molar-refractivity contribution in [2.24, 2.45) is 0 Å². The third kappa shape index (κ3) is 3.34. The third-order valence-corrected chi connectivity index (χ3v) is 5.87. The van der Waals surface area contributed by atoms with E-state index in [9.17, 15) is 4.39 Å². The molecule has 0 fully saturated rings. The van der Waals surface area contributed by atoms with Crippen molar-refractivity contribution in [1.29, 1.82) is 0 Å². The summed E-state index contributed by atoms with van der Waals surface area (Å²) in [6.45, 7) is 2.52. The molecule has 28 heavy (non-hydrogen) atoms.